The van der Waals surface area contributed by atoms with Gasteiger partial charge in [-0.05, 0) is 17.9 Å². The van der Waals surface area contributed by atoms with Crippen LogP contribution in [0, 0.1) is 5.92 Å². The first-order valence-electron chi connectivity index (χ1n) is 4.73. The van der Waals surface area contributed by atoms with Gasteiger partial charge >= 0.3 is 0 Å². The van der Waals surface area contributed by atoms with Gasteiger partial charge in [0.05, 0.1) is 0 Å². The molecule has 0 spiro atoms. The Bertz CT molecular complexity index is 307. The van der Waals surface area contributed by atoms with E-state index in [1.165, 1.54) is 0 Å². The van der Waals surface area contributed by atoms with Gasteiger partial charge in [0.1, 0.15) is 0 Å². The van der Waals surface area contributed by atoms with Gasteiger partial charge in [-0.3, -0.25) is 0 Å². The molecule has 0 heterocycles. The van der Waals surface area contributed by atoms with Gasteiger partial charge < -0.3 is 0 Å². The summed E-state index contributed by atoms with van der Waals surface area (Å²) in [6.07, 6.45) is 0.493. The van der Waals surface area contributed by atoms with E-state index in [1.807, 2.05) is 13.8 Å². The molecule has 0 unspecified atom stereocenters. The SMILES string of the molecule is CC(C)CNS(=O)(=O)NCCCN=[N+]=[N-]. The van der Waals surface area contributed by atoms with E-state index in [9.17, 15) is 8.42 Å². The molecule has 0 fully saturated rings. The second-order valence-electron chi connectivity index (χ2n) is 3.45. The minimum Gasteiger partial charge on any atom is -0.202 e. The summed E-state index contributed by atoms with van der Waals surface area (Å²) < 4.78 is 27.2. The average Bonchev–Trinajstić information content (AvgIpc) is 2.15. The fourth-order valence-electron chi connectivity index (χ4n) is 0.728. The molecule has 0 saturated heterocycles. The van der Waals surface area contributed by atoms with E-state index in [4.69, 9.17) is 5.53 Å². The molecule has 0 radical (unpaired) electrons. The minimum atomic E-state index is -3.40. The summed E-state index contributed by atoms with van der Waals surface area (Å²) in [5.74, 6) is 0.268. The third-order valence-electron chi connectivity index (χ3n) is 1.47. The molecular formula is C7H17N5O2S. The van der Waals surface area contributed by atoms with Crippen molar-refractivity contribution in [1.29, 1.82) is 0 Å². The van der Waals surface area contributed by atoms with Gasteiger partial charge in [0.15, 0.2) is 0 Å². The molecule has 0 aromatic heterocycles. The summed E-state index contributed by atoms with van der Waals surface area (Å²) in [5.41, 5.74) is 7.98. The van der Waals surface area contributed by atoms with Crippen LogP contribution >= 0.6 is 0 Å². The van der Waals surface area contributed by atoms with Crippen LogP contribution in [0.4, 0.5) is 0 Å². The predicted molar refractivity (Wildman–Crippen MR) is 58.4 cm³/mol. The van der Waals surface area contributed by atoms with E-state index >= 15 is 0 Å². The maximum absolute atomic E-state index is 11.2. The van der Waals surface area contributed by atoms with Crippen LogP contribution in [0.2, 0.25) is 0 Å². The van der Waals surface area contributed by atoms with E-state index in [0.29, 0.717) is 19.5 Å². The predicted octanol–water partition coefficient (Wildman–Crippen LogP) is 0.767. The number of rotatable bonds is 8. The Balaban J connectivity index is 3.70. The lowest BCUT2D eigenvalue weighted by Crippen LogP contribution is -2.38. The zero-order chi connectivity index (χ0) is 11.7. The molecular weight excluding hydrogens is 218 g/mol. The fraction of sp³-hybridized carbons (Fsp3) is 1.00. The first kappa shape index (κ1) is 14.2. The van der Waals surface area contributed by atoms with Crippen molar-refractivity contribution in [2.45, 2.75) is 20.3 Å². The first-order chi connectivity index (χ1) is 6.98. The first-order valence-corrected chi connectivity index (χ1v) is 6.21. The second kappa shape index (κ2) is 7.47. The maximum atomic E-state index is 11.2. The van der Waals surface area contributed by atoms with Crippen LogP contribution in [0.5, 0.6) is 0 Å². The lowest BCUT2D eigenvalue weighted by molar-refractivity contribution is 0.546. The van der Waals surface area contributed by atoms with Crippen LogP contribution in [0.1, 0.15) is 20.3 Å². The third kappa shape index (κ3) is 9.48. The molecule has 0 rings (SSSR count). The lowest BCUT2D eigenvalue weighted by Gasteiger charge is -2.09. The van der Waals surface area contributed by atoms with Crippen LogP contribution in [0.3, 0.4) is 0 Å². The summed E-state index contributed by atoms with van der Waals surface area (Å²) in [6, 6.07) is 0. The van der Waals surface area contributed by atoms with Crippen molar-refractivity contribution in [2.75, 3.05) is 19.6 Å². The van der Waals surface area contributed by atoms with Gasteiger partial charge in [-0.2, -0.15) is 8.42 Å². The van der Waals surface area contributed by atoms with E-state index in [1.54, 1.807) is 0 Å². The molecule has 2 N–H and O–H groups in total. The molecule has 88 valence electrons. The Morgan fingerprint density at radius 3 is 2.60 bits per heavy atom. The summed E-state index contributed by atoms with van der Waals surface area (Å²) in [4.78, 5) is 2.56. The average molecular weight is 235 g/mol. The number of nitrogens with zero attached hydrogens (tertiary/aromatic N) is 3. The van der Waals surface area contributed by atoms with Crippen molar-refractivity contribution in [3.8, 4) is 0 Å². The topological polar surface area (TPSA) is 107 Å². The number of hydrogen-bond donors (Lipinski definition) is 2. The monoisotopic (exact) mass is 235 g/mol. The molecule has 0 saturated carbocycles. The summed E-state index contributed by atoms with van der Waals surface area (Å²) >= 11 is 0. The van der Waals surface area contributed by atoms with E-state index in [-0.39, 0.29) is 12.5 Å². The number of azide groups is 1. The van der Waals surface area contributed by atoms with Crippen molar-refractivity contribution in [1.82, 2.24) is 9.44 Å². The van der Waals surface area contributed by atoms with Crippen LogP contribution in [-0.4, -0.2) is 28.1 Å². The molecule has 7 nitrogen and oxygen atoms in total. The molecule has 0 aliphatic carbocycles. The quantitative estimate of drug-likeness (QED) is 0.280. The minimum absolute atomic E-state index is 0.268. The highest BCUT2D eigenvalue weighted by molar-refractivity contribution is 7.87. The zero-order valence-electron chi connectivity index (χ0n) is 8.97. The number of nitrogens with one attached hydrogen (secondary N) is 2. The maximum Gasteiger partial charge on any atom is 0.276 e. The Kier molecular flexibility index (Phi) is 7.06. The fourth-order valence-corrected chi connectivity index (χ4v) is 1.80. The molecule has 0 aromatic rings. The van der Waals surface area contributed by atoms with Crippen molar-refractivity contribution < 1.29 is 8.42 Å². The Morgan fingerprint density at radius 2 is 2.07 bits per heavy atom. The Hall–Kier alpha value is -0.820. The lowest BCUT2D eigenvalue weighted by atomic mass is 10.2. The van der Waals surface area contributed by atoms with Crippen molar-refractivity contribution in [3.63, 3.8) is 0 Å². The van der Waals surface area contributed by atoms with Crippen molar-refractivity contribution in [2.24, 2.45) is 11.0 Å². The van der Waals surface area contributed by atoms with Crippen LogP contribution in [0.25, 0.3) is 10.4 Å². The standard InChI is InChI=1S/C7H17N5O2S/c1-7(2)6-11-15(13,14)10-5-3-4-9-12-8/h7,10-11H,3-6H2,1-2H3. The molecule has 8 heteroatoms. The normalized spacial score (nSPS) is 11.4. The smallest absolute Gasteiger partial charge is 0.202 e. The van der Waals surface area contributed by atoms with Gasteiger partial charge in [0.2, 0.25) is 0 Å². The number of hydrogen-bond acceptors (Lipinski definition) is 3. The van der Waals surface area contributed by atoms with Gasteiger partial charge in [0.25, 0.3) is 10.2 Å². The van der Waals surface area contributed by atoms with E-state index < -0.39 is 10.2 Å². The highest BCUT2D eigenvalue weighted by Gasteiger charge is 2.07. The molecule has 0 bridgehead atoms. The second-order valence-corrected chi connectivity index (χ2v) is 5.03. The highest BCUT2D eigenvalue weighted by atomic mass is 32.2. The summed E-state index contributed by atoms with van der Waals surface area (Å²) in [6.45, 7) is 4.82. The van der Waals surface area contributed by atoms with Crippen molar-refractivity contribution >= 4 is 10.2 Å². The van der Waals surface area contributed by atoms with Gasteiger partial charge in [-0.15, -0.1) is 0 Å². The van der Waals surface area contributed by atoms with Crippen LogP contribution < -0.4 is 9.44 Å². The van der Waals surface area contributed by atoms with Gasteiger partial charge in [-0.25, -0.2) is 9.44 Å². The zero-order valence-corrected chi connectivity index (χ0v) is 9.79. The Labute approximate surface area is 90.1 Å². The van der Waals surface area contributed by atoms with Gasteiger partial charge in [0, 0.05) is 24.5 Å². The highest BCUT2D eigenvalue weighted by Crippen LogP contribution is 1.89. The van der Waals surface area contributed by atoms with E-state index in [0.717, 1.165) is 0 Å². The van der Waals surface area contributed by atoms with Crippen LogP contribution in [0.15, 0.2) is 5.11 Å². The third-order valence-corrected chi connectivity index (χ3v) is 2.60. The van der Waals surface area contributed by atoms with Crippen LogP contribution in [-0.2, 0) is 10.2 Å². The molecule has 0 aromatic carbocycles. The molecule has 0 aliphatic heterocycles. The molecule has 0 amide bonds. The summed E-state index contributed by atoms with van der Waals surface area (Å²) in [5, 5.41) is 3.29. The van der Waals surface area contributed by atoms with Gasteiger partial charge in [-0.1, -0.05) is 19.0 Å². The molecule has 0 aliphatic rings. The largest absolute Gasteiger partial charge is 0.276 e. The summed E-state index contributed by atoms with van der Waals surface area (Å²) in [7, 11) is -3.40. The van der Waals surface area contributed by atoms with Crippen molar-refractivity contribution in [3.05, 3.63) is 10.4 Å². The Morgan fingerprint density at radius 1 is 1.40 bits per heavy atom. The van der Waals surface area contributed by atoms with E-state index in [2.05, 4.69) is 19.5 Å². The molecule has 0 atom stereocenters. The molecule has 15 heavy (non-hydrogen) atoms.